The quantitative estimate of drug-likeness (QED) is 0.130. The van der Waals surface area contributed by atoms with Crippen molar-refractivity contribution in [1.82, 2.24) is 0 Å². The molecule has 142 heavy (non-hydrogen) atoms. The number of fused-ring (bicyclic) bond motifs is 19. The van der Waals surface area contributed by atoms with Crippen LogP contribution in [0.15, 0.2) is 373 Å². The van der Waals surface area contributed by atoms with Crippen LogP contribution in [0.25, 0.3) is 204 Å². The highest BCUT2D eigenvalue weighted by Crippen LogP contribution is 2.48. The Morgan fingerprint density at radius 2 is 0.570 bits per heavy atom. The van der Waals surface area contributed by atoms with Gasteiger partial charge in [-0.3, -0.25) is 0 Å². The highest BCUT2D eigenvalue weighted by atomic mass is 32.1. The Labute approximate surface area is 837 Å². The fourth-order valence-electron chi connectivity index (χ4n) is 20.7. The largest absolute Gasteiger partial charge is 0.496 e. The predicted molar refractivity (Wildman–Crippen MR) is 601 cm³/mol. The molecule has 696 valence electrons. The Kier molecular flexibility index (Phi) is 22.0. The first-order valence-electron chi connectivity index (χ1n) is 49.4. The zero-order valence-electron chi connectivity index (χ0n) is 82.8. The molecule has 0 radical (unpaired) electrons. The summed E-state index contributed by atoms with van der Waals surface area (Å²) in [6.07, 6.45) is 0. The van der Waals surface area contributed by atoms with Gasteiger partial charge in [-0.2, -0.15) is 0 Å². The third-order valence-corrected chi connectivity index (χ3v) is 33.9. The van der Waals surface area contributed by atoms with Crippen molar-refractivity contribution in [3.8, 4) is 55.6 Å². The second-order valence-electron chi connectivity index (χ2n) is 42.6. The molecule has 8 heterocycles. The lowest BCUT2D eigenvalue weighted by Crippen LogP contribution is -2.41. The first kappa shape index (κ1) is 91.2. The van der Waals surface area contributed by atoms with Crippen LogP contribution in [0.4, 0.5) is 0 Å². The molecule has 0 aliphatic carbocycles. The maximum atomic E-state index is 6.58. The van der Waals surface area contributed by atoms with Gasteiger partial charge in [0.15, 0.2) is 0 Å². The maximum Gasteiger partial charge on any atom is 0.496 e. The van der Waals surface area contributed by atoms with Crippen LogP contribution >= 0.6 is 22.7 Å². The Balaban J connectivity index is 0.000000103. The minimum atomic E-state index is -0.455. The minimum absolute atomic E-state index is 0.342. The lowest BCUT2D eigenvalue weighted by molar-refractivity contribution is 0.00578. The molecule has 4 fully saturated rings. The van der Waals surface area contributed by atoms with E-state index in [0.29, 0.717) is 0 Å². The number of rotatable bonds is 9. The molecular weight excluding hydrogens is 1780 g/mol. The van der Waals surface area contributed by atoms with Crippen LogP contribution in [-0.2, 0) is 37.2 Å². The Hall–Kier alpha value is -13.3. The summed E-state index contributed by atoms with van der Waals surface area (Å²) in [5, 5.41) is 24.4. The van der Waals surface area contributed by atoms with E-state index >= 15 is 0 Å². The summed E-state index contributed by atoms with van der Waals surface area (Å²) in [6.45, 7) is 33.6. The summed E-state index contributed by atoms with van der Waals surface area (Å²) < 4.78 is 69.2. The van der Waals surface area contributed by atoms with Crippen molar-refractivity contribution in [1.29, 1.82) is 0 Å². The second-order valence-corrected chi connectivity index (χ2v) is 44.8. The molecule has 10 nitrogen and oxygen atoms in total. The van der Waals surface area contributed by atoms with Gasteiger partial charge < -0.3 is 46.1 Å². The van der Waals surface area contributed by atoms with E-state index in [9.17, 15) is 0 Å². The van der Waals surface area contributed by atoms with E-state index in [-0.39, 0.29) is 47.8 Å². The average Bonchev–Trinajstić information content (AvgIpc) is 1.58. The number of benzene rings is 19. The highest BCUT2D eigenvalue weighted by Gasteiger charge is 2.56. The molecule has 0 saturated carbocycles. The van der Waals surface area contributed by atoms with Crippen LogP contribution in [0.1, 0.15) is 111 Å². The predicted octanol–water partition coefficient (Wildman–Crippen LogP) is 31.7. The smallest absolute Gasteiger partial charge is 0.456 e. The topological polar surface area (TPSA) is 100 Å². The first-order chi connectivity index (χ1) is 68.2. The van der Waals surface area contributed by atoms with E-state index in [1.54, 1.807) is 0 Å². The molecular formula is C126H108B4O10S2. The molecule has 0 bridgehead atoms. The van der Waals surface area contributed by atoms with Gasteiger partial charge in [0.25, 0.3) is 0 Å². The van der Waals surface area contributed by atoms with Crippen LogP contribution in [0.2, 0.25) is 0 Å². The Bertz CT molecular complexity index is 8970. The van der Waals surface area contributed by atoms with Crippen LogP contribution in [0.3, 0.4) is 0 Å². The van der Waals surface area contributed by atoms with Gasteiger partial charge in [-0.05, 0) is 332 Å². The lowest BCUT2D eigenvalue weighted by Gasteiger charge is -2.32. The Morgan fingerprint density at radius 1 is 0.183 bits per heavy atom. The van der Waals surface area contributed by atoms with E-state index in [0.717, 1.165) is 110 Å². The zero-order chi connectivity index (χ0) is 97.5. The van der Waals surface area contributed by atoms with Crippen molar-refractivity contribution in [3.05, 3.63) is 364 Å². The molecule has 0 atom stereocenters. The molecule has 0 unspecified atom stereocenters. The van der Waals surface area contributed by atoms with E-state index < -0.39 is 25.4 Å². The van der Waals surface area contributed by atoms with Gasteiger partial charge >= 0.3 is 28.5 Å². The van der Waals surface area contributed by atoms with Crippen molar-refractivity contribution in [2.24, 2.45) is 0 Å². The third kappa shape index (κ3) is 15.9. The van der Waals surface area contributed by atoms with E-state index in [2.05, 4.69) is 475 Å². The number of hydrogen-bond acceptors (Lipinski definition) is 12. The van der Waals surface area contributed by atoms with Crippen LogP contribution in [0.5, 0.6) is 0 Å². The minimum Gasteiger partial charge on any atom is -0.456 e. The second kappa shape index (κ2) is 34.2. The van der Waals surface area contributed by atoms with Crippen molar-refractivity contribution in [2.75, 3.05) is 0 Å². The fourth-order valence-corrected chi connectivity index (χ4v) is 23.0. The van der Waals surface area contributed by atoms with Gasteiger partial charge in [-0.15, -0.1) is 22.7 Å². The summed E-state index contributed by atoms with van der Waals surface area (Å²) >= 11 is 3.72. The van der Waals surface area contributed by atoms with Crippen LogP contribution in [-0.4, -0.2) is 73.3 Å². The van der Waals surface area contributed by atoms with Gasteiger partial charge in [0.2, 0.25) is 0 Å². The van der Waals surface area contributed by atoms with E-state index in [1.165, 1.54) is 116 Å². The van der Waals surface area contributed by atoms with Crippen molar-refractivity contribution >= 4 is 222 Å². The maximum absolute atomic E-state index is 6.58. The number of thiophene rings is 2. The molecule has 4 saturated heterocycles. The molecule has 27 rings (SSSR count). The molecule has 4 aliphatic heterocycles. The first-order valence-corrected chi connectivity index (χ1v) is 51.0. The van der Waals surface area contributed by atoms with Crippen molar-refractivity contribution in [2.45, 2.75) is 156 Å². The average molecular weight is 1890 g/mol. The summed E-state index contributed by atoms with van der Waals surface area (Å²) in [7, 11) is -1.58. The van der Waals surface area contributed by atoms with Crippen molar-refractivity contribution in [3.63, 3.8) is 0 Å². The zero-order valence-corrected chi connectivity index (χ0v) is 84.5. The van der Waals surface area contributed by atoms with Crippen molar-refractivity contribution < 1.29 is 46.1 Å². The van der Waals surface area contributed by atoms with E-state index in [4.69, 9.17) is 46.1 Å². The van der Waals surface area contributed by atoms with Crippen LogP contribution in [0, 0.1) is 0 Å². The van der Waals surface area contributed by atoms with Gasteiger partial charge in [-0.1, -0.05) is 279 Å². The molecule has 4 aliphatic rings. The molecule has 19 aromatic carbocycles. The molecule has 0 amide bonds. The van der Waals surface area contributed by atoms with Crippen LogP contribution < -0.4 is 21.9 Å². The Morgan fingerprint density at radius 3 is 1.20 bits per heavy atom. The molecule has 0 spiro atoms. The normalized spacial score (nSPS) is 17.0. The van der Waals surface area contributed by atoms with E-state index in [1.807, 2.05) is 22.7 Å². The monoisotopic (exact) mass is 1890 g/mol. The number of furan rings is 2. The molecule has 16 heteroatoms. The lowest BCUT2D eigenvalue weighted by atomic mass is 9.71. The summed E-state index contributed by atoms with van der Waals surface area (Å²) in [5.74, 6) is 0. The van der Waals surface area contributed by atoms with Gasteiger partial charge in [0.1, 0.15) is 22.3 Å². The standard InChI is InChI=1S/C38H31BO3.C32H27BO3.2C28H25BO2S/c1-37(2)38(3,4)42-39(41-37)36-30-12-8-7-9-25(30)17-19-31(36)26-15-13-24(14-16-26)29-18-20-34-32(22-29)33-21-27-10-5-6-11-28(27)23-35(33)40-34;1-31(2)32(3,4)36-33(35-31)23-12-7-11-22(17-23)24-13-8-14-26-25(24)15-16-27-28-18-20-9-5-6-10-21(20)19-29(28)34-30(26)27;1-27(2)28(3,4)31-29(30-27)24-14-7-5-11-20(24)19-13-9-10-18-16-26-23(17-22(18)19)21-12-6-8-15-25(21)32-26;1-27(2)28(3,4)31-29(30-27)22-11-7-10-18(14-22)21-12-13-25-23(16-21)24-15-19-8-5-6-9-20(19)17-26(24)32-25/h5-23H,1-4H3;5-19H,1-4H3;2*5-17H,1-4H3. The molecule has 0 N–H and O–H groups in total. The van der Waals surface area contributed by atoms with Gasteiger partial charge in [0.05, 0.1) is 44.8 Å². The van der Waals surface area contributed by atoms with Gasteiger partial charge in [0, 0.05) is 67.3 Å². The summed E-state index contributed by atoms with van der Waals surface area (Å²) in [5.41, 5.74) is 16.6. The number of hydrogen-bond donors (Lipinski definition) is 0. The SMILES string of the molecule is CC1(C)OB(c2c(-c3ccc(-c4ccc5oc6cc7ccccc7cc6c5c4)cc3)ccc3ccccc23)OC1(C)C.CC1(C)OB(c2cccc(-c3ccc4sc5cc6ccccc6cc5c4c3)c2)OC1(C)C.CC1(C)OB(c2cccc(-c3cccc4c3ccc3c5cc6ccccc6cc5oc43)c2)OC1(C)C.CC1(C)OB(c2ccccc2-c2cccc3cc4sc5ccccc5c4cc23)OC1(C)C. The molecule has 4 aromatic heterocycles. The van der Waals surface area contributed by atoms with Gasteiger partial charge in [-0.25, -0.2) is 0 Å². The summed E-state index contributed by atoms with van der Waals surface area (Å²) in [6, 6.07) is 130. The third-order valence-electron chi connectivity index (χ3n) is 31.6. The fraction of sp³-hybridized carbons (Fsp3) is 0.190. The highest BCUT2D eigenvalue weighted by molar-refractivity contribution is 7.26. The summed E-state index contributed by atoms with van der Waals surface area (Å²) in [4.78, 5) is 0. The molecule has 23 aromatic rings.